The molecule has 0 spiro atoms. The van der Waals surface area contributed by atoms with Crippen LogP contribution in [0.25, 0.3) is 0 Å². The van der Waals surface area contributed by atoms with E-state index in [0.717, 1.165) is 12.8 Å². The lowest BCUT2D eigenvalue weighted by atomic mass is 10.0. The third kappa shape index (κ3) is 24.3. The van der Waals surface area contributed by atoms with E-state index in [0.29, 0.717) is 13.1 Å². The minimum atomic E-state index is 0.535. The van der Waals surface area contributed by atoms with Gasteiger partial charge >= 0.3 is 0 Å². The molecule has 4 heteroatoms. The van der Waals surface area contributed by atoms with Gasteiger partial charge in [0.15, 0.2) is 0 Å². The Morgan fingerprint density at radius 3 is 1.41 bits per heavy atom. The van der Waals surface area contributed by atoms with Crippen molar-refractivity contribution < 1.29 is 9.59 Å². The number of rotatable bonds is 20. The lowest BCUT2D eigenvalue weighted by Gasteiger charge is -2.03. The van der Waals surface area contributed by atoms with E-state index in [1.165, 1.54) is 108 Å². The molecule has 0 aromatic heterocycles. The third-order valence-corrected chi connectivity index (χ3v) is 5.61. The smallest absolute Gasteiger partial charge is 0.211 e. The maximum absolute atomic E-state index is 9.87. The van der Waals surface area contributed by atoms with E-state index in [1.54, 1.807) is 6.08 Å². The first kappa shape index (κ1) is 30.0. The second-order valence-corrected chi connectivity index (χ2v) is 8.48. The minimum absolute atomic E-state index is 0.535. The standard InChI is InChI=1S/C19H37NO.C9H9NO/c1-2-3-4-5-6-7-8-9-10-11-12-13-14-15-16-17-18-20-19-21;11-8-10-7-6-9-4-2-1-3-5-9/h2-18H2,1H3;1-5H,6-7H2. The Hall–Kier alpha value is -2.02. The van der Waals surface area contributed by atoms with E-state index in [2.05, 4.69) is 16.9 Å². The van der Waals surface area contributed by atoms with Crippen LogP contribution in [-0.2, 0) is 16.0 Å². The molecule has 0 amide bonds. The molecule has 0 bridgehead atoms. The average Bonchev–Trinajstić information content (AvgIpc) is 2.82. The van der Waals surface area contributed by atoms with Crippen molar-refractivity contribution >= 4 is 12.2 Å². The molecule has 0 atom stereocenters. The number of hydrogen-bond acceptors (Lipinski definition) is 4. The molecule has 0 aliphatic rings. The Morgan fingerprint density at radius 1 is 0.562 bits per heavy atom. The molecule has 1 aromatic carbocycles. The van der Waals surface area contributed by atoms with Crippen molar-refractivity contribution in [2.45, 2.75) is 116 Å². The summed E-state index contributed by atoms with van der Waals surface area (Å²) in [5, 5.41) is 0. The number of isocyanates is 2. The topological polar surface area (TPSA) is 58.9 Å². The van der Waals surface area contributed by atoms with E-state index in [9.17, 15) is 9.59 Å². The fraction of sp³-hybridized carbons (Fsp3) is 0.714. The molecule has 4 nitrogen and oxygen atoms in total. The maximum Gasteiger partial charge on any atom is 0.234 e. The molecule has 0 saturated carbocycles. The fourth-order valence-electron chi connectivity index (χ4n) is 3.66. The molecule has 0 N–H and O–H groups in total. The molecule has 0 aliphatic carbocycles. The van der Waals surface area contributed by atoms with Crippen LogP contribution >= 0.6 is 0 Å². The Kier molecular flexibility index (Phi) is 25.3. The second kappa shape index (κ2) is 27.0. The Morgan fingerprint density at radius 2 is 0.969 bits per heavy atom. The van der Waals surface area contributed by atoms with Crippen molar-refractivity contribution in [3.63, 3.8) is 0 Å². The van der Waals surface area contributed by atoms with Crippen molar-refractivity contribution in [2.24, 2.45) is 9.98 Å². The van der Waals surface area contributed by atoms with Gasteiger partial charge < -0.3 is 0 Å². The Labute approximate surface area is 197 Å². The van der Waals surface area contributed by atoms with Gasteiger partial charge in [0.05, 0.1) is 13.1 Å². The predicted octanol–water partition coefficient (Wildman–Crippen LogP) is 8.15. The largest absolute Gasteiger partial charge is 0.234 e. The molecule has 0 aliphatic heterocycles. The number of aliphatic imine (C=N–C) groups is 2. The summed E-state index contributed by atoms with van der Waals surface area (Å²) in [5.74, 6) is 0. The monoisotopic (exact) mass is 442 g/mol. The van der Waals surface area contributed by atoms with Gasteiger partial charge in [-0.25, -0.2) is 19.6 Å². The first-order valence-corrected chi connectivity index (χ1v) is 13.0. The van der Waals surface area contributed by atoms with Crippen LogP contribution in [0.5, 0.6) is 0 Å². The molecule has 180 valence electrons. The summed E-state index contributed by atoms with van der Waals surface area (Å²) < 4.78 is 0. The molecular formula is C28H46N2O2. The van der Waals surface area contributed by atoms with Crippen molar-refractivity contribution in [1.82, 2.24) is 0 Å². The van der Waals surface area contributed by atoms with Crippen LogP contribution in [0, 0.1) is 0 Å². The molecule has 32 heavy (non-hydrogen) atoms. The highest BCUT2D eigenvalue weighted by atomic mass is 16.1. The van der Waals surface area contributed by atoms with E-state index in [-0.39, 0.29) is 0 Å². The molecule has 1 rings (SSSR count). The highest BCUT2D eigenvalue weighted by Gasteiger charge is 1.94. The van der Waals surface area contributed by atoms with Crippen molar-refractivity contribution in [1.29, 1.82) is 0 Å². The zero-order valence-corrected chi connectivity index (χ0v) is 20.5. The number of unbranched alkanes of at least 4 members (excludes halogenated alkanes) is 15. The summed E-state index contributed by atoms with van der Waals surface area (Å²) in [6, 6.07) is 9.94. The summed E-state index contributed by atoms with van der Waals surface area (Å²) in [7, 11) is 0. The number of nitrogens with zero attached hydrogens (tertiary/aromatic N) is 2. The van der Waals surface area contributed by atoms with Gasteiger partial charge in [-0.2, -0.15) is 0 Å². The highest BCUT2D eigenvalue weighted by molar-refractivity contribution is 5.33. The fourth-order valence-corrected chi connectivity index (χ4v) is 3.66. The molecule has 0 heterocycles. The predicted molar refractivity (Wildman–Crippen MR) is 136 cm³/mol. The molecular weight excluding hydrogens is 396 g/mol. The lowest BCUT2D eigenvalue weighted by Crippen LogP contribution is -1.87. The van der Waals surface area contributed by atoms with Crippen LogP contribution in [0.3, 0.4) is 0 Å². The molecule has 0 fully saturated rings. The van der Waals surface area contributed by atoms with Gasteiger partial charge in [0, 0.05) is 0 Å². The number of benzene rings is 1. The third-order valence-electron chi connectivity index (χ3n) is 5.61. The molecule has 0 saturated heterocycles. The van der Waals surface area contributed by atoms with Crippen LogP contribution in [0.15, 0.2) is 40.3 Å². The first-order valence-electron chi connectivity index (χ1n) is 13.0. The van der Waals surface area contributed by atoms with Gasteiger partial charge in [-0.1, -0.05) is 134 Å². The summed E-state index contributed by atoms with van der Waals surface area (Å²) in [4.78, 5) is 26.6. The van der Waals surface area contributed by atoms with E-state index >= 15 is 0 Å². The number of hydrogen-bond donors (Lipinski definition) is 0. The van der Waals surface area contributed by atoms with Gasteiger partial charge in [0.2, 0.25) is 12.2 Å². The van der Waals surface area contributed by atoms with E-state index < -0.39 is 0 Å². The summed E-state index contributed by atoms with van der Waals surface area (Å²) in [6.07, 6.45) is 25.9. The van der Waals surface area contributed by atoms with Crippen LogP contribution in [0.2, 0.25) is 0 Å². The SMILES string of the molecule is CCCCCCCCCCCCCCCCCCN=C=O.O=C=NCCc1ccccc1. The van der Waals surface area contributed by atoms with Crippen LogP contribution in [0.4, 0.5) is 0 Å². The van der Waals surface area contributed by atoms with Gasteiger partial charge in [-0.3, -0.25) is 0 Å². The quantitative estimate of drug-likeness (QED) is 0.116. The molecule has 0 radical (unpaired) electrons. The summed E-state index contributed by atoms with van der Waals surface area (Å²) in [5.41, 5.74) is 1.20. The van der Waals surface area contributed by atoms with E-state index in [4.69, 9.17) is 0 Å². The Bertz CT molecular complexity index is 591. The Balaban J connectivity index is 0.000000726. The zero-order valence-electron chi connectivity index (χ0n) is 20.5. The summed E-state index contributed by atoms with van der Waals surface area (Å²) in [6.45, 7) is 3.48. The van der Waals surface area contributed by atoms with Crippen molar-refractivity contribution in [3.8, 4) is 0 Å². The van der Waals surface area contributed by atoms with Gasteiger partial charge in [-0.15, -0.1) is 0 Å². The molecule has 1 aromatic rings. The normalized spacial score (nSPS) is 9.91. The summed E-state index contributed by atoms with van der Waals surface area (Å²) >= 11 is 0. The second-order valence-electron chi connectivity index (χ2n) is 8.48. The minimum Gasteiger partial charge on any atom is -0.211 e. The van der Waals surface area contributed by atoms with Gasteiger partial charge in [-0.05, 0) is 18.4 Å². The average molecular weight is 443 g/mol. The van der Waals surface area contributed by atoms with E-state index in [1.807, 2.05) is 30.3 Å². The van der Waals surface area contributed by atoms with Crippen LogP contribution in [-0.4, -0.2) is 25.2 Å². The zero-order chi connectivity index (χ0) is 23.4. The van der Waals surface area contributed by atoms with Gasteiger partial charge in [0.1, 0.15) is 0 Å². The van der Waals surface area contributed by atoms with Crippen molar-refractivity contribution in [3.05, 3.63) is 35.9 Å². The highest BCUT2D eigenvalue weighted by Crippen LogP contribution is 2.13. The van der Waals surface area contributed by atoms with Gasteiger partial charge in [0.25, 0.3) is 0 Å². The van der Waals surface area contributed by atoms with Crippen molar-refractivity contribution in [2.75, 3.05) is 13.1 Å². The maximum atomic E-state index is 9.87. The number of carbonyl (C=O) groups excluding carboxylic acids is 2. The van der Waals surface area contributed by atoms with Crippen LogP contribution in [0.1, 0.15) is 115 Å². The lowest BCUT2D eigenvalue weighted by molar-refractivity contribution is 0.529. The molecule has 0 unspecified atom stereocenters. The van der Waals surface area contributed by atoms with Crippen LogP contribution < -0.4 is 0 Å². The first-order chi connectivity index (χ1) is 15.8.